The van der Waals surface area contributed by atoms with E-state index in [2.05, 4.69) is 5.32 Å². The largest absolute Gasteiger partial charge is 0.350 e. The number of nitrogens with one attached hydrogen (secondary N) is 1. The van der Waals surface area contributed by atoms with Crippen LogP contribution >= 0.6 is 0 Å². The van der Waals surface area contributed by atoms with Gasteiger partial charge in [-0.2, -0.15) is 0 Å². The molecule has 1 atom stereocenters. The molecule has 7 nitrogen and oxygen atoms in total. The van der Waals surface area contributed by atoms with Gasteiger partial charge in [-0.3, -0.25) is 13.9 Å². The number of anilines is 1. The first-order chi connectivity index (χ1) is 21.4. The summed E-state index contributed by atoms with van der Waals surface area (Å²) in [6.45, 7) is 9.26. The fourth-order valence-electron chi connectivity index (χ4n) is 5.30. The number of sulfonamides is 1. The predicted octanol–water partition coefficient (Wildman–Crippen LogP) is 6.31. The number of hydrogen-bond donors (Lipinski definition) is 1. The molecular weight excluding hydrogens is 582 g/mol. The number of nitrogens with zero attached hydrogens (tertiary/aromatic N) is 2. The molecule has 8 heteroatoms. The number of amides is 2. The zero-order chi connectivity index (χ0) is 32.6. The van der Waals surface area contributed by atoms with Crippen molar-refractivity contribution in [3.63, 3.8) is 0 Å². The highest BCUT2D eigenvalue weighted by molar-refractivity contribution is 7.92. The van der Waals surface area contributed by atoms with Crippen LogP contribution in [-0.2, 0) is 39.0 Å². The number of aryl methyl sites for hydroxylation is 2. The smallest absolute Gasteiger partial charge is 0.264 e. The van der Waals surface area contributed by atoms with E-state index in [1.165, 1.54) is 21.3 Å². The van der Waals surface area contributed by atoms with Crippen LogP contribution < -0.4 is 9.62 Å². The van der Waals surface area contributed by atoms with E-state index in [4.69, 9.17) is 0 Å². The van der Waals surface area contributed by atoms with Gasteiger partial charge in [0, 0.05) is 18.5 Å². The summed E-state index contributed by atoms with van der Waals surface area (Å²) in [6, 6.07) is 31.8. The molecule has 4 aromatic carbocycles. The zero-order valence-corrected chi connectivity index (χ0v) is 27.6. The van der Waals surface area contributed by atoms with Crippen molar-refractivity contribution in [3.8, 4) is 0 Å². The molecule has 0 heterocycles. The van der Waals surface area contributed by atoms with Crippen LogP contribution in [-0.4, -0.2) is 43.3 Å². The second-order valence-corrected chi connectivity index (χ2v) is 14.1. The van der Waals surface area contributed by atoms with Crippen LogP contribution in [0.15, 0.2) is 114 Å². The normalized spacial score (nSPS) is 12.3. The maximum atomic E-state index is 14.6. The highest BCUT2D eigenvalue weighted by Crippen LogP contribution is 2.28. The third-order valence-corrected chi connectivity index (χ3v) is 9.23. The maximum absolute atomic E-state index is 14.6. The lowest BCUT2D eigenvalue weighted by Gasteiger charge is -2.35. The van der Waals surface area contributed by atoms with Crippen molar-refractivity contribution < 1.29 is 18.0 Å². The molecule has 0 spiro atoms. The molecule has 1 unspecified atom stereocenters. The summed E-state index contributed by atoms with van der Waals surface area (Å²) in [6.07, 6.45) is 0.833. The van der Waals surface area contributed by atoms with Crippen LogP contribution in [0.1, 0.15) is 49.9 Å². The van der Waals surface area contributed by atoms with Crippen LogP contribution in [0, 0.1) is 6.92 Å². The van der Waals surface area contributed by atoms with Gasteiger partial charge in [0.25, 0.3) is 10.0 Å². The molecule has 0 saturated carbocycles. The van der Waals surface area contributed by atoms with Gasteiger partial charge in [-0.1, -0.05) is 103 Å². The predicted molar refractivity (Wildman–Crippen MR) is 180 cm³/mol. The molecule has 0 bridgehead atoms. The van der Waals surface area contributed by atoms with E-state index in [-0.39, 0.29) is 23.8 Å². The Kier molecular flexibility index (Phi) is 10.8. The van der Waals surface area contributed by atoms with E-state index < -0.39 is 34.1 Å². The van der Waals surface area contributed by atoms with E-state index in [1.807, 2.05) is 101 Å². The Balaban J connectivity index is 1.84. The lowest BCUT2D eigenvalue weighted by Crippen LogP contribution is -2.56. The van der Waals surface area contributed by atoms with Crippen molar-refractivity contribution in [2.75, 3.05) is 10.8 Å². The minimum Gasteiger partial charge on any atom is -0.350 e. The van der Waals surface area contributed by atoms with Crippen molar-refractivity contribution in [3.05, 3.63) is 131 Å². The molecule has 236 valence electrons. The summed E-state index contributed by atoms with van der Waals surface area (Å²) >= 11 is 0. The molecule has 1 N–H and O–H groups in total. The topological polar surface area (TPSA) is 86.8 Å². The summed E-state index contributed by atoms with van der Waals surface area (Å²) in [4.78, 5) is 30.3. The molecule has 0 fully saturated rings. The van der Waals surface area contributed by atoms with Crippen LogP contribution in [0.5, 0.6) is 0 Å². The minimum atomic E-state index is -4.14. The van der Waals surface area contributed by atoms with Gasteiger partial charge in [0.1, 0.15) is 12.6 Å². The third kappa shape index (κ3) is 8.82. The summed E-state index contributed by atoms with van der Waals surface area (Å²) in [5.41, 5.74) is 3.43. The first-order valence-electron chi connectivity index (χ1n) is 15.3. The zero-order valence-electron chi connectivity index (χ0n) is 26.7. The van der Waals surface area contributed by atoms with Crippen molar-refractivity contribution >= 4 is 27.5 Å². The fraction of sp³-hybridized carbons (Fsp3) is 0.297. The second-order valence-electron chi connectivity index (χ2n) is 12.3. The van der Waals surface area contributed by atoms with Crippen molar-refractivity contribution in [2.45, 2.75) is 70.5 Å². The quantitative estimate of drug-likeness (QED) is 0.200. The van der Waals surface area contributed by atoms with Gasteiger partial charge in [0.2, 0.25) is 11.8 Å². The van der Waals surface area contributed by atoms with E-state index >= 15 is 0 Å². The molecular formula is C37H43N3O4S. The van der Waals surface area contributed by atoms with Crippen LogP contribution in [0.25, 0.3) is 0 Å². The SMILES string of the molecule is CCc1ccccc1N(CC(=O)N(Cc1cccc(C)c1)C(Cc1ccccc1)C(=O)NC(C)(C)C)S(=O)(=O)c1ccccc1. The monoisotopic (exact) mass is 625 g/mol. The number of benzene rings is 4. The number of carbonyl (C=O) groups is 2. The summed E-state index contributed by atoms with van der Waals surface area (Å²) in [5.74, 6) is -0.786. The molecule has 0 aliphatic heterocycles. The first-order valence-corrected chi connectivity index (χ1v) is 16.7. The van der Waals surface area contributed by atoms with Crippen LogP contribution in [0.2, 0.25) is 0 Å². The van der Waals surface area contributed by atoms with Crippen molar-refractivity contribution in [1.82, 2.24) is 10.2 Å². The second kappa shape index (κ2) is 14.6. The van der Waals surface area contributed by atoms with Gasteiger partial charge in [-0.15, -0.1) is 0 Å². The summed E-state index contributed by atoms with van der Waals surface area (Å²) < 4.78 is 29.6. The molecule has 2 amide bonds. The molecule has 4 aromatic rings. The van der Waals surface area contributed by atoms with Crippen molar-refractivity contribution in [2.24, 2.45) is 0 Å². The Bertz CT molecular complexity index is 1700. The number of carbonyl (C=O) groups excluding carboxylic acids is 2. The maximum Gasteiger partial charge on any atom is 0.264 e. The number of para-hydroxylation sites is 1. The molecule has 4 rings (SSSR count). The Morgan fingerprint density at radius 1 is 0.800 bits per heavy atom. The molecule has 0 aliphatic rings. The van der Waals surface area contributed by atoms with Crippen LogP contribution in [0.3, 0.4) is 0 Å². The molecule has 45 heavy (non-hydrogen) atoms. The Morgan fingerprint density at radius 2 is 1.40 bits per heavy atom. The highest BCUT2D eigenvalue weighted by atomic mass is 32.2. The fourth-order valence-corrected chi connectivity index (χ4v) is 6.77. The lowest BCUT2D eigenvalue weighted by atomic mass is 10.0. The highest BCUT2D eigenvalue weighted by Gasteiger charge is 2.36. The van der Waals surface area contributed by atoms with Gasteiger partial charge >= 0.3 is 0 Å². The van der Waals surface area contributed by atoms with Gasteiger partial charge in [-0.05, 0) is 69.0 Å². The van der Waals surface area contributed by atoms with E-state index in [9.17, 15) is 18.0 Å². The molecule has 0 aromatic heterocycles. The van der Waals surface area contributed by atoms with E-state index in [0.717, 1.165) is 22.3 Å². The minimum absolute atomic E-state index is 0.0836. The Hall–Kier alpha value is -4.43. The lowest BCUT2D eigenvalue weighted by molar-refractivity contribution is -0.140. The average molecular weight is 626 g/mol. The average Bonchev–Trinajstić information content (AvgIpc) is 3.01. The van der Waals surface area contributed by atoms with Gasteiger partial charge in [0.05, 0.1) is 10.6 Å². The first kappa shape index (κ1) is 33.5. The van der Waals surface area contributed by atoms with Crippen molar-refractivity contribution in [1.29, 1.82) is 0 Å². The molecule has 0 saturated heterocycles. The summed E-state index contributed by atoms with van der Waals surface area (Å²) in [5, 5.41) is 3.07. The van der Waals surface area contributed by atoms with Gasteiger partial charge < -0.3 is 10.2 Å². The van der Waals surface area contributed by atoms with Crippen LogP contribution in [0.4, 0.5) is 5.69 Å². The van der Waals surface area contributed by atoms with Gasteiger partial charge in [-0.25, -0.2) is 8.42 Å². The van der Waals surface area contributed by atoms with Gasteiger partial charge in [0.15, 0.2) is 0 Å². The number of rotatable bonds is 12. The molecule has 0 radical (unpaired) electrons. The Labute approximate surface area is 268 Å². The third-order valence-electron chi connectivity index (χ3n) is 7.46. The summed E-state index contributed by atoms with van der Waals surface area (Å²) in [7, 11) is -4.14. The standard InChI is InChI=1S/C37H43N3O4S/c1-6-31-20-13-14-23-33(31)40(45(43,44)32-21-11-8-12-22-32)27-35(41)39(26-30-19-15-16-28(2)24-30)34(36(42)38-37(3,4)5)25-29-17-9-7-10-18-29/h7-24,34H,6,25-27H2,1-5H3,(H,38,42). The molecule has 0 aliphatic carbocycles. The van der Waals surface area contributed by atoms with E-state index in [1.54, 1.807) is 30.3 Å². The number of hydrogen-bond acceptors (Lipinski definition) is 4. The van der Waals surface area contributed by atoms with E-state index in [0.29, 0.717) is 12.1 Å². The Morgan fingerprint density at radius 3 is 2.02 bits per heavy atom.